The number of rotatable bonds is 1. The van der Waals surface area contributed by atoms with Gasteiger partial charge < -0.3 is 15.3 Å². The van der Waals surface area contributed by atoms with Crippen molar-refractivity contribution in [2.75, 3.05) is 34.8 Å². The fraction of sp³-hybridized carbons (Fsp3) is 0.417. The molecule has 2 aliphatic heterocycles. The van der Waals surface area contributed by atoms with E-state index in [9.17, 15) is 18.3 Å². The average molecular weight is 317 g/mol. The molecule has 2 N–H and O–H groups in total. The van der Waals surface area contributed by atoms with Crippen molar-refractivity contribution < 1.29 is 18.3 Å². The molecule has 0 radical (unpaired) electrons. The molecule has 108 valence electrons. The highest BCUT2D eigenvalue weighted by molar-refractivity contribution is 7.91. The number of hydrogen-bond donors (Lipinski definition) is 2. The lowest BCUT2D eigenvalue weighted by Gasteiger charge is -2.29. The number of halogens is 1. The zero-order valence-electron chi connectivity index (χ0n) is 10.5. The molecule has 1 aromatic rings. The molecular formula is C12H13ClN2O4S. The van der Waals surface area contributed by atoms with Crippen molar-refractivity contribution in [2.45, 2.75) is 6.10 Å². The number of nitrogens with one attached hydrogen (secondary N) is 1. The summed E-state index contributed by atoms with van der Waals surface area (Å²) in [6, 6.07) is 3.24. The third kappa shape index (κ3) is 2.25. The molecule has 1 fully saturated rings. The Kier molecular flexibility index (Phi) is 3.15. The van der Waals surface area contributed by atoms with E-state index in [0.29, 0.717) is 35.1 Å². The van der Waals surface area contributed by atoms with Gasteiger partial charge in [0.25, 0.3) is 5.91 Å². The van der Waals surface area contributed by atoms with Crippen molar-refractivity contribution in [3.05, 3.63) is 22.7 Å². The number of anilines is 2. The monoisotopic (exact) mass is 316 g/mol. The minimum atomic E-state index is -2.96. The summed E-state index contributed by atoms with van der Waals surface area (Å²) in [6.45, 7) is 0.745. The predicted molar refractivity (Wildman–Crippen MR) is 75.9 cm³/mol. The molecule has 20 heavy (non-hydrogen) atoms. The van der Waals surface area contributed by atoms with E-state index in [1.165, 1.54) is 0 Å². The first-order chi connectivity index (χ1) is 9.37. The van der Waals surface area contributed by atoms with Crippen molar-refractivity contribution in [3.63, 3.8) is 0 Å². The van der Waals surface area contributed by atoms with Crippen LogP contribution < -0.4 is 10.2 Å². The number of aliphatic hydroxyl groups excluding tert-OH is 1. The van der Waals surface area contributed by atoms with E-state index in [0.717, 1.165) is 0 Å². The van der Waals surface area contributed by atoms with Gasteiger partial charge in [-0.1, -0.05) is 11.6 Å². The molecule has 0 saturated carbocycles. The molecule has 0 aromatic heterocycles. The maximum absolute atomic E-state index is 11.4. The Balaban J connectivity index is 1.93. The van der Waals surface area contributed by atoms with E-state index >= 15 is 0 Å². The molecule has 1 amide bonds. The maximum atomic E-state index is 11.4. The van der Waals surface area contributed by atoms with Gasteiger partial charge in [-0.05, 0) is 12.1 Å². The molecule has 2 heterocycles. The van der Waals surface area contributed by atoms with Gasteiger partial charge in [0.15, 0.2) is 15.9 Å². The smallest absolute Gasteiger partial charge is 0.257 e. The molecule has 3 rings (SSSR count). The lowest BCUT2D eigenvalue weighted by Crippen LogP contribution is -2.40. The Morgan fingerprint density at radius 3 is 2.60 bits per heavy atom. The van der Waals surface area contributed by atoms with E-state index in [2.05, 4.69) is 5.32 Å². The SMILES string of the molecule is O=C1Nc2cc(N3CCS(=O)(=O)CC3)c(Cl)cc2C1O. The van der Waals surface area contributed by atoms with E-state index in [1.54, 1.807) is 12.1 Å². The summed E-state index contributed by atoms with van der Waals surface area (Å²) in [5, 5.41) is 12.7. The van der Waals surface area contributed by atoms with Gasteiger partial charge in [0.2, 0.25) is 0 Å². The zero-order chi connectivity index (χ0) is 14.5. The number of nitrogens with zero attached hydrogens (tertiary/aromatic N) is 1. The van der Waals surface area contributed by atoms with E-state index < -0.39 is 21.8 Å². The number of hydrogen-bond acceptors (Lipinski definition) is 5. The van der Waals surface area contributed by atoms with Gasteiger partial charge in [-0.2, -0.15) is 0 Å². The third-order valence-electron chi connectivity index (χ3n) is 3.60. The van der Waals surface area contributed by atoms with Gasteiger partial charge in [0.1, 0.15) is 0 Å². The van der Waals surface area contributed by atoms with Crippen LogP contribution in [0.5, 0.6) is 0 Å². The van der Waals surface area contributed by atoms with Gasteiger partial charge in [-0.15, -0.1) is 0 Å². The summed E-state index contributed by atoms with van der Waals surface area (Å²) < 4.78 is 22.9. The van der Waals surface area contributed by atoms with Crippen molar-refractivity contribution in [1.29, 1.82) is 0 Å². The molecule has 0 spiro atoms. The molecule has 1 unspecified atom stereocenters. The predicted octanol–water partition coefficient (Wildman–Crippen LogP) is 0.560. The van der Waals surface area contributed by atoms with Gasteiger partial charge >= 0.3 is 0 Å². The van der Waals surface area contributed by atoms with Gasteiger partial charge in [-0.3, -0.25) is 4.79 Å². The van der Waals surface area contributed by atoms with Crippen molar-refractivity contribution >= 4 is 38.7 Å². The lowest BCUT2D eigenvalue weighted by atomic mass is 10.1. The fourth-order valence-corrected chi connectivity index (χ4v) is 3.94. The minimum absolute atomic E-state index is 0.0927. The first kappa shape index (κ1) is 13.7. The van der Waals surface area contributed by atoms with Gasteiger partial charge in [0, 0.05) is 24.3 Å². The van der Waals surface area contributed by atoms with Crippen LogP contribution in [0.3, 0.4) is 0 Å². The van der Waals surface area contributed by atoms with E-state index in [4.69, 9.17) is 11.6 Å². The normalized spacial score (nSPS) is 24.4. The molecular weight excluding hydrogens is 304 g/mol. The summed E-state index contributed by atoms with van der Waals surface area (Å²) >= 11 is 6.18. The largest absolute Gasteiger partial charge is 0.378 e. The van der Waals surface area contributed by atoms with Crippen molar-refractivity contribution in [1.82, 2.24) is 0 Å². The standard InChI is InChI=1S/C12H13ClN2O4S/c13-8-5-7-9(14-12(17)11(7)16)6-10(8)15-1-3-20(18,19)4-2-15/h5-6,11,16H,1-4H2,(H,14,17). The molecule has 8 heteroatoms. The van der Waals surface area contributed by atoms with Crippen LogP contribution in [-0.4, -0.2) is 44.0 Å². The highest BCUT2D eigenvalue weighted by Gasteiger charge is 2.31. The fourth-order valence-electron chi connectivity index (χ4n) is 2.45. The number of sulfone groups is 1. The molecule has 1 aromatic carbocycles. The molecule has 1 atom stereocenters. The first-order valence-electron chi connectivity index (χ1n) is 6.15. The topological polar surface area (TPSA) is 86.7 Å². The average Bonchev–Trinajstić information content (AvgIpc) is 2.65. The maximum Gasteiger partial charge on any atom is 0.257 e. The Hall–Kier alpha value is -1.31. The number of benzene rings is 1. The highest BCUT2D eigenvalue weighted by atomic mass is 35.5. The van der Waals surface area contributed by atoms with E-state index in [1.807, 2.05) is 4.90 Å². The Labute approximate surface area is 121 Å². The number of fused-ring (bicyclic) bond motifs is 1. The second-order valence-corrected chi connectivity index (χ2v) is 7.63. The minimum Gasteiger partial charge on any atom is -0.378 e. The number of carbonyl (C=O) groups is 1. The second-order valence-electron chi connectivity index (χ2n) is 4.92. The van der Waals surface area contributed by atoms with Crippen molar-refractivity contribution in [3.8, 4) is 0 Å². The van der Waals surface area contributed by atoms with Crippen LogP contribution >= 0.6 is 11.6 Å². The Morgan fingerprint density at radius 1 is 1.30 bits per heavy atom. The second kappa shape index (κ2) is 4.61. The Bertz CT molecular complexity index is 675. The number of carbonyl (C=O) groups excluding carboxylic acids is 1. The van der Waals surface area contributed by atoms with Crippen LogP contribution in [-0.2, 0) is 14.6 Å². The third-order valence-corrected chi connectivity index (χ3v) is 5.52. The summed E-state index contributed by atoms with van der Waals surface area (Å²) in [6.07, 6.45) is -1.20. The summed E-state index contributed by atoms with van der Waals surface area (Å²) in [7, 11) is -2.96. The van der Waals surface area contributed by atoms with Crippen LogP contribution in [0.15, 0.2) is 12.1 Å². The Morgan fingerprint density at radius 2 is 1.95 bits per heavy atom. The van der Waals surface area contributed by atoms with Gasteiger partial charge in [0.05, 0.1) is 22.2 Å². The van der Waals surface area contributed by atoms with Crippen LogP contribution in [0.25, 0.3) is 0 Å². The number of amides is 1. The molecule has 6 nitrogen and oxygen atoms in total. The first-order valence-corrected chi connectivity index (χ1v) is 8.35. The quantitative estimate of drug-likeness (QED) is 0.790. The number of aliphatic hydroxyl groups is 1. The van der Waals surface area contributed by atoms with E-state index in [-0.39, 0.29) is 11.5 Å². The van der Waals surface area contributed by atoms with Gasteiger partial charge in [-0.25, -0.2) is 8.42 Å². The molecule has 1 saturated heterocycles. The van der Waals surface area contributed by atoms with Crippen LogP contribution in [0.1, 0.15) is 11.7 Å². The summed E-state index contributed by atoms with van der Waals surface area (Å²) in [5.74, 6) is -0.292. The molecule has 0 aliphatic carbocycles. The summed E-state index contributed by atoms with van der Waals surface area (Å²) in [4.78, 5) is 13.3. The van der Waals surface area contributed by atoms with Crippen LogP contribution in [0.4, 0.5) is 11.4 Å². The molecule has 2 aliphatic rings. The lowest BCUT2D eigenvalue weighted by molar-refractivity contribution is -0.123. The highest BCUT2D eigenvalue weighted by Crippen LogP contribution is 2.39. The van der Waals surface area contributed by atoms with Crippen LogP contribution in [0.2, 0.25) is 5.02 Å². The molecule has 0 bridgehead atoms. The van der Waals surface area contributed by atoms with Crippen molar-refractivity contribution in [2.24, 2.45) is 0 Å². The van der Waals surface area contributed by atoms with Crippen LogP contribution in [0, 0.1) is 0 Å². The zero-order valence-corrected chi connectivity index (χ0v) is 12.0. The summed E-state index contributed by atoms with van der Waals surface area (Å²) in [5.41, 5.74) is 1.65.